The molecule has 1 unspecified atom stereocenters. The Hall–Kier alpha value is -2.93. The van der Waals surface area contributed by atoms with E-state index in [0.29, 0.717) is 23.1 Å². The van der Waals surface area contributed by atoms with Gasteiger partial charge in [0.25, 0.3) is 0 Å². The minimum atomic E-state index is -0.401. The van der Waals surface area contributed by atoms with Crippen LogP contribution in [0, 0.1) is 5.82 Å². The van der Waals surface area contributed by atoms with Crippen molar-refractivity contribution in [3.63, 3.8) is 0 Å². The molecule has 1 atom stereocenters. The normalized spacial score (nSPS) is 11.8. The number of nitrogens with zero attached hydrogens (tertiary/aromatic N) is 3. The van der Waals surface area contributed by atoms with E-state index in [1.807, 2.05) is 28.8 Å². The third kappa shape index (κ3) is 4.31. The van der Waals surface area contributed by atoms with Gasteiger partial charge in [0.1, 0.15) is 11.6 Å². The van der Waals surface area contributed by atoms with E-state index in [-0.39, 0.29) is 11.6 Å². The summed E-state index contributed by atoms with van der Waals surface area (Å²) in [7, 11) is 1.61. The fraction of sp³-hybridized carbons (Fsp3) is 0.190. The molecule has 0 aliphatic rings. The Labute approximate surface area is 167 Å². The molecule has 0 radical (unpaired) electrons. The first-order chi connectivity index (χ1) is 13.5. The van der Waals surface area contributed by atoms with Crippen LogP contribution in [0.1, 0.15) is 17.3 Å². The van der Waals surface area contributed by atoms with Crippen molar-refractivity contribution in [3.8, 4) is 17.1 Å². The summed E-state index contributed by atoms with van der Waals surface area (Å²) in [6.45, 7) is 6.11. The maximum absolute atomic E-state index is 13.1. The number of thioether (sulfide) groups is 1. The van der Waals surface area contributed by atoms with E-state index in [1.165, 1.54) is 36.0 Å². The molecule has 0 aliphatic carbocycles. The highest BCUT2D eigenvalue weighted by atomic mass is 32.2. The monoisotopic (exact) mass is 397 g/mol. The molecule has 0 saturated heterocycles. The molecule has 28 heavy (non-hydrogen) atoms. The quantitative estimate of drug-likeness (QED) is 0.315. The molecular weight excluding hydrogens is 377 g/mol. The Morgan fingerprint density at radius 3 is 2.50 bits per heavy atom. The summed E-state index contributed by atoms with van der Waals surface area (Å²) in [6, 6.07) is 13.1. The largest absolute Gasteiger partial charge is 0.497 e. The molecule has 3 aromatic rings. The number of hydrogen-bond donors (Lipinski definition) is 0. The van der Waals surface area contributed by atoms with Crippen LogP contribution < -0.4 is 4.74 Å². The van der Waals surface area contributed by atoms with Crippen LogP contribution in [0.15, 0.2) is 66.3 Å². The van der Waals surface area contributed by atoms with E-state index in [0.717, 1.165) is 11.3 Å². The number of carbonyl (C=O) groups is 1. The maximum Gasteiger partial charge on any atom is 0.192 e. The molecule has 1 heterocycles. The Bertz CT molecular complexity index is 968. The Kier molecular flexibility index (Phi) is 6.26. The van der Waals surface area contributed by atoms with Crippen molar-refractivity contribution in [1.82, 2.24) is 14.8 Å². The van der Waals surface area contributed by atoms with Crippen LogP contribution in [-0.2, 0) is 6.54 Å². The molecule has 0 fully saturated rings. The SMILES string of the molecule is C=CCn1c(SC(C)C(=O)c2ccc(F)cc2)nnc1-c1ccc(OC)cc1. The van der Waals surface area contributed by atoms with Gasteiger partial charge in [0.15, 0.2) is 16.8 Å². The second-order valence-electron chi connectivity index (χ2n) is 6.07. The molecule has 0 saturated carbocycles. The van der Waals surface area contributed by atoms with Crippen molar-refractivity contribution in [3.05, 3.63) is 72.6 Å². The number of allylic oxidation sites excluding steroid dienone is 1. The molecule has 0 N–H and O–H groups in total. The number of halogens is 1. The van der Waals surface area contributed by atoms with Crippen LogP contribution in [0.2, 0.25) is 0 Å². The standard InChI is InChI=1S/C21H20FN3O2S/c1-4-13-25-20(16-7-11-18(27-3)12-8-16)23-24-21(25)28-14(2)19(26)15-5-9-17(22)10-6-15/h4-12,14H,1,13H2,2-3H3. The predicted molar refractivity (Wildman–Crippen MR) is 108 cm³/mol. The van der Waals surface area contributed by atoms with E-state index in [4.69, 9.17) is 4.74 Å². The minimum absolute atomic E-state index is 0.0934. The van der Waals surface area contributed by atoms with Crippen LogP contribution in [-0.4, -0.2) is 32.9 Å². The number of Topliss-reactive ketones (excluding diaryl/α,β-unsaturated/α-hetero) is 1. The van der Waals surface area contributed by atoms with Gasteiger partial charge in [-0.05, 0) is 55.5 Å². The van der Waals surface area contributed by atoms with Gasteiger partial charge >= 0.3 is 0 Å². The molecule has 0 amide bonds. The van der Waals surface area contributed by atoms with E-state index >= 15 is 0 Å². The molecule has 5 nitrogen and oxygen atoms in total. The smallest absolute Gasteiger partial charge is 0.192 e. The Morgan fingerprint density at radius 2 is 1.89 bits per heavy atom. The van der Waals surface area contributed by atoms with Gasteiger partial charge in [-0.2, -0.15) is 0 Å². The second kappa shape index (κ2) is 8.84. The number of rotatable bonds is 8. The van der Waals surface area contributed by atoms with E-state index < -0.39 is 5.25 Å². The third-order valence-electron chi connectivity index (χ3n) is 4.16. The minimum Gasteiger partial charge on any atom is -0.497 e. The van der Waals surface area contributed by atoms with E-state index in [1.54, 1.807) is 20.1 Å². The Balaban J connectivity index is 1.85. The average molecular weight is 397 g/mol. The fourth-order valence-corrected chi connectivity index (χ4v) is 3.62. The lowest BCUT2D eigenvalue weighted by molar-refractivity contribution is 0.0994. The van der Waals surface area contributed by atoms with Gasteiger partial charge in [0.2, 0.25) is 0 Å². The predicted octanol–water partition coefficient (Wildman–Crippen LogP) is 4.64. The zero-order valence-electron chi connectivity index (χ0n) is 15.6. The number of methoxy groups -OCH3 is 1. The number of ether oxygens (including phenoxy) is 1. The molecule has 3 rings (SSSR count). The van der Waals surface area contributed by atoms with Crippen LogP contribution in [0.4, 0.5) is 4.39 Å². The summed E-state index contributed by atoms with van der Waals surface area (Å²) in [6.07, 6.45) is 1.76. The molecule has 144 valence electrons. The third-order valence-corrected chi connectivity index (χ3v) is 5.24. The van der Waals surface area contributed by atoms with Crippen molar-refractivity contribution in [2.24, 2.45) is 0 Å². The molecular formula is C21H20FN3O2S. The van der Waals surface area contributed by atoms with Gasteiger partial charge in [-0.1, -0.05) is 17.8 Å². The lowest BCUT2D eigenvalue weighted by atomic mass is 10.1. The topological polar surface area (TPSA) is 57.0 Å². The lowest BCUT2D eigenvalue weighted by Gasteiger charge is -2.12. The number of carbonyl (C=O) groups excluding carboxylic acids is 1. The molecule has 7 heteroatoms. The second-order valence-corrected chi connectivity index (χ2v) is 7.37. The summed E-state index contributed by atoms with van der Waals surface area (Å²) in [4.78, 5) is 12.6. The molecule has 0 aliphatic heterocycles. The van der Waals surface area contributed by atoms with Crippen molar-refractivity contribution in [1.29, 1.82) is 0 Å². The number of ketones is 1. The maximum atomic E-state index is 13.1. The summed E-state index contributed by atoms with van der Waals surface area (Å²) >= 11 is 1.31. The summed E-state index contributed by atoms with van der Waals surface area (Å²) < 4.78 is 20.2. The van der Waals surface area contributed by atoms with E-state index in [2.05, 4.69) is 16.8 Å². The number of benzene rings is 2. The van der Waals surface area contributed by atoms with Crippen LogP contribution in [0.3, 0.4) is 0 Å². The number of hydrogen-bond acceptors (Lipinski definition) is 5. The van der Waals surface area contributed by atoms with E-state index in [9.17, 15) is 9.18 Å². The van der Waals surface area contributed by atoms with Gasteiger partial charge in [-0.3, -0.25) is 9.36 Å². The van der Waals surface area contributed by atoms with Crippen LogP contribution in [0.25, 0.3) is 11.4 Å². The zero-order valence-corrected chi connectivity index (χ0v) is 16.4. The highest BCUT2D eigenvalue weighted by Gasteiger charge is 2.21. The molecule has 0 spiro atoms. The summed E-state index contributed by atoms with van der Waals surface area (Å²) in [5.41, 5.74) is 1.35. The number of aromatic nitrogens is 3. The first-order valence-electron chi connectivity index (χ1n) is 8.68. The molecule has 1 aromatic heterocycles. The van der Waals surface area contributed by atoms with Gasteiger partial charge in [-0.25, -0.2) is 4.39 Å². The van der Waals surface area contributed by atoms with Gasteiger partial charge in [0.05, 0.1) is 12.4 Å². The summed E-state index contributed by atoms with van der Waals surface area (Å²) in [5.74, 6) is 0.981. The molecule has 0 bridgehead atoms. The highest BCUT2D eigenvalue weighted by molar-refractivity contribution is 8.00. The lowest BCUT2D eigenvalue weighted by Crippen LogP contribution is -2.15. The Morgan fingerprint density at radius 1 is 1.21 bits per heavy atom. The van der Waals surface area contributed by atoms with Crippen molar-refractivity contribution in [2.45, 2.75) is 23.9 Å². The highest BCUT2D eigenvalue weighted by Crippen LogP contribution is 2.29. The van der Waals surface area contributed by atoms with Crippen LogP contribution in [0.5, 0.6) is 5.75 Å². The molecule has 2 aromatic carbocycles. The van der Waals surface area contributed by atoms with Crippen LogP contribution >= 0.6 is 11.8 Å². The first-order valence-corrected chi connectivity index (χ1v) is 9.56. The summed E-state index contributed by atoms with van der Waals surface area (Å²) in [5, 5.41) is 8.79. The van der Waals surface area contributed by atoms with Crippen molar-refractivity contribution < 1.29 is 13.9 Å². The van der Waals surface area contributed by atoms with Crippen molar-refractivity contribution >= 4 is 17.5 Å². The van der Waals surface area contributed by atoms with Gasteiger partial charge < -0.3 is 4.74 Å². The fourth-order valence-electron chi connectivity index (χ4n) is 2.68. The first kappa shape index (κ1) is 19.8. The van der Waals surface area contributed by atoms with Crippen molar-refractivity contribution in [2.75, 3.05) is 7.11 Å². The van der Waals surface area contributed by atoms with Gasteiger partial charge in [0, 0.05) is 17.7 Å². The van der Waals surface area contributed by atoms with Gasteiger partial charge in [-0.15, -0.1) is 16.8 Å². The zero-order chi connectivity index (χ0) is 20.1. The average Bonchev–Trinajstić information content (AvgIpc) is 3.10.